The van der Waals surface area contributed by atoms with E-state index in [1.807, 2.05) is 41.3 Å². The van der Waals surface area contributed by atoms with Gasteiger partial charge < -0.3 is 9.80 Å². The van der Waals surface area contributed by atoms with Crippen LogP contribution in [0.25, 0.3) is 0 Å². The SMILES string of the molecule is Cc1ccccc1CN1C(=O)C2(SC(C)(C)CN2C(=O)c2cccc(Cl)c2)c2ccccc21. The largest absolute Gasteiger partial charge is 0.310 e. The third-order valence-electron chi connectivity index (χ3n) is 6.34. The van der Waals surface area contributed by atoms with Crippen molar-refractivity contribution in [1.82, 2.24) is 4.90 Å². The van der Waals surface area contributed by atoms with Gasteiger partial charge in [-0.1, -0.05) is 60.1 Å². The lowest BCUT2D eigenvalue weighted by Gasteiger charge is -2.33. The number of fused-ring (bicyclic) bond motifs is 2. The number of rotatable bonds is 3. The summed E-state index contributed by atoms with van der Waals surface area (Å²) in [6.07, 6.45) is 0. The Hall–Kier alpha value is -2.76. The van der Waals surface area contributed by atoms with E-state index in [0.717, 1.165) is 22.4 Å². The minimum Gasteiger partial charge on any atom is -0.310 e. The van der Waals surface area contributed by atoms with Gasteiger partial charge in [0.15, 0.2) is 4.87 Å². The summed E-state index contributed by atoms with van der Waals surface area (Å²) in [5.41, 5.74) is 4.44. The van der Waals surface area contributed by atoms with Gasteiger partial charge in [-0.25, -0.2) is 0 Å². The predicted molar refractivity (Wildman–Crippen MR) is 135 cm³/mol. The Kier molecular flexibility index (Phi) is 5.30. The lowest BCUT2D eigenvalue weighted by Crippen LogP contribution is -2.50. The number of benzene rings is 3. The molecule has 0 aromatic heterocycles. The van der Waals surface area contributed by atoms with Crippen LogP contribution in [-0.4, -0.2) is 28.0 Å². The number of carbonyl (C=O) groups excluding carboxylic acids is 2. The summed E-state index contributed by atoms with van der Waals surface area (Å²) in [6.45, 7) is 7.15. The lowest BCUT2D eigenvalue weighted by atomic mass is 10.0. The van der Waals surface area contributed by atoms with Crippen LogP contribution in [0.1, 0.15) is 40.9 Å². The highest BCUT2D eigenvalue weighted by atomic mass is 35.5. The molecule has 0 N–H and O–H groups in total. The van der Waals surface area contributed by atoms with Gasteiger partial charge in [0.2, 0.25) is 0 Å². The second-order valence-electron chi connectivity index (χ2n) is 9.24. The molecule has 168 valence electrons. The van der Waals surface area contributed by atoms with Crippen LogP contribution in [0.5, 0.6) is 0 Å². The zero-order valence-corrected chi connectivity index (χ0v) is 20.4. The number of amides is 2. The molecule has 6 heteroatoms. The highest BCUT2D eigenvalue weighted by Gasteiger charge is 2.63. The van der Waals surface area contributed by atoms with Crippen molar-refractivity contribution in [1.29, 1.82) is 0 Å². The van der Waals surface area contributed by atoms with Crippen molar-refractivity contribution in [3.63, 3.8) is 0 Å². The summed E-state index contributed by atoms with van der Waals surface area (Å²) < 4.78 is -0.296. The van der Waals surface area contributed by atoms with Crippen molar-refractivity contribution in [3.05, 3.63) is 100 Å². The molecule has 0 aliphatic carbocycles. The van der Waals surface area contributed by atoms with Crippen molar-refractivity contribution < 1.29 is 9.59 Å². The third kappa shape index (κ3) is 3.54. The van der Waals surface area contributed by atoms with E-state index in [1.54, 1.807) is 40.9 Å². The van der Waals surface area contributed by atoms with Gasteiger partial charge in [-0.15, -0.1) is 11.8 Å². The molecule has 33 heavy (non-hydrogen) atoms. The first-order valence-corrected chi connectivity index (χ1v) is 12.2. The topological polar surface area (TPSA) is 40.6 Å². The molecule has 5 rings (SSSR count). The van der Waals surface area contributed by atoms with E-state index in [0.29, 0.717) is 23.7 Å². The average molecular weight is 477 g/mol. The summed E-state index contributed by atoms with van der Waals surface area (Å²) >= 11 is 7.75. The van der Waals surface area contributed by atoms with Gasteiger partial charge >= 0.3 is 0 Å². The second kappa shape index (κ2) is 7.93. The minimum atomic E-state index is -1.11. The molecule has 3 aromatic carbocycles. The van der Waals surface area contributed by atoms with Gasteiger partial charge in [-0.05, 0) is 56.2 Å². The first-order chi connectivity index (χ1) is 15.7. The average Bonchev–Trinajstić information content (AvgIpc) is 3.21. The summed E-state index contributed by atoms with van der Waals surface area (Å²) in [5, 5.41) is 0.500. The summed E-state index contributed by atoms with van der Waals surface area (Å²) in [4.78, 5) is 30.6. The molecular formula is C27H25ClN2O2S. The van der Waals surface area contributed by atoms with Gasteiger partial charge in [-0.2, -0.15) is 0 Å². The molecule has 2 aliphatic rings. The maximum Gasteiger partial charge on any atom is 0.268 e. The molecule has 1 unspecified atom stereocenters. The van der Waals surface area contributed by atoms with Crippen LogP contribution in [0.3, 0.4) is 0 Å². The molecule has 0 bridgehead atoms. The molecule has 2 heterocycles. The lowest BCUT2D eigenvalue weighted by molar-refractivity contribution is -0.123. The van der Waals surface area contributed by atoms with E-state index in [9.17, 15) is 9.59 Å². The molecule has 2 amide bonds. The van der Waals surface area contributed by atoms with Crippen LogP contribution < -0.4 is 4.90 Å². The van der Waals surface area contributed by atoms with Crippen molar-refractivity contribution in [2.45, 2.75) is 36.9 Å². The number of para-hydroxylation sites is 1. The molecule has 3 aromatic rings. The second-order valence-corrected chi connectivity index (χ2v) is 11.6. The molecule has 0 radical (unpaired) electrons. The van der Waals surface area contributed by atoms with E-state index in [4.69, 9.17) is 11.6 Å². The van der Waals surface area contributed by atoms with Crippen molar-refractivity contribution in [3.8, 4) is 0 Å². The molecule has 1 spiro atoms. The van der Waals surface area contributed by atoms with E-state index >= 15 is 0 Å². The van der Waals surface area contributed by atoms with Crippen LogP contribution in [0.4, 0.5) is 5.69 Å². The third-order valence-corrected chi connectivity index (χ3v) is 8.17. The molecule has 1 fully saturated rings. The first kappa shape index (κ1) is 22.1. The Morgan fingerprint density at radius 2 is 1.76 bits per heavy atom. The fourth-order valence-electron chi connectivity index (χ4n) is 4.85. The summed E-state index contributed by atoms with van der Waals surface area (Å²) in [7, 11) is 0. The normalized spacial score (nSPS) is 21.0. The fraction of sp³-hybridized carbons (Fsp3) is 0.259. The van der Waals surface area contributed by atoms with Crippen LogP contribution in [-0.2, 0) is 16.2 Å². The number of aryl methyl sites for hydroxylation is 1. The first-order valence-electron chi connectivity index (χ1n) is 11.0. The summed E-state index contributed by atoms with van der Waals surface area (Å²) in [5.74, 6) is -0.255. The van der Waals surface area contributed by atoms with E-state index in [2.05, 4.69) is 32.9 Å². The van der Waals surface area contributed by atoms with Gasteiger partial charge in [-0.3, -0.25) is 9.59 Å². The van der Waals surface area contributed by atoms with Crippen LogP contribution in [0.15, 0.2) is 72.8 Å². The zero-order valence-electron chi connectivity index (χ0n) is 18.8. The highest BCUT2D eigenvalue weighted by Crippen LogP contribution is 2.60. The van der Waals surface area contributed by atoms with Crippen molar-refractivity contribution in [2.24, 2.45) is 0 Å². The van der Waals surface area contributed by atoms with Crippen molar-refractivity contribution >= 4 is 40.9 Å². The summed E-state index contributed by atoms with van der Waals surface area (Å²) in [6, 6.07) is 22.9. The number of halogens is 1. The molecular weight excluding hydrogens is 452 g/mol. The Morgan fingerprint density at radius 1 is 1.03 bits per heavy atom. The zero-order chi connectivity index (χ0) is 23.4. The van der Waals surface area contributed by atoms with Crippen LogP contribution in [0, 0.1) is 6.92 Å². The Bertz CT molecular complexity index is 1270. The molecule has 0 saturated carbocycles. The maximum atomic E-state index is 14.3. The minimum absolute atomic E-state index is 0.0714. The van der Waals surface area contributed by atoms with Gasteiger partial charge in [0.05, 0.1) is 12.2 Å². The smallest absolute Gasteiger partial charge is 0.268 e. The van der Waals surface area contributed by atoms with Crippen molar-refractivity contribution in [2.75, 3.05) is 11.4 Å². The van der Waals surface area contributed by atoms with Crippen LogP contribution in [0.2, 0.25) is 5.02 Å². The molecule has 4 nitrogen and oxygen atoms in total. The number of hydrogen-bond acceptors (Lipinski definition) is 3. The number of anilines is 1. The van der Waals surface area contributed by atoms with Gasteiger partial charge in [0.1, 0.15) is 0 Å². The van der Waals surface area contributed by atoms with E-state index in [-0.39, 0.29) is 16.6 Å². The molecule has 1 saturated heterocycles. The number of hydrogen-bond donors (Lipinski definition) is 0. The number of thioether (sulfide) groups is 1. The monoisotopic (exact) mass is 476 g/mol. The number of carbonyl (C=O) groups is 2. The predicted octanol–water partition coefficient (Wildman–Crippen LogP) is 6.02. The standard InChI is InChI=1S/C27H25ClN2O2S/c1-18-9-4-5-10-20(18)16-29-23-14-7-6-13-22(23)27(25(29)32)30(17-26(2,3)33-27)24(31)19-11-8-12-21(28)15-19/h4-15H,16-17H2,1-3H3. The molecule has 2 aliphatic heterocycles. The Labute approximate surface area is 203 Å². The van der Waals surface area contributed by atoms with Gasteiger partial charge in [0.25, 0.3) is 11.8 Å². The Balaban J connectivity index is 1.64. The fourth-order valence-corrected chi connectivity index (χ4v) is 6.77. The molecule has 1 atom stereocenters. The maximum absolute atomic E-state index is 14.3. The van der Waals surface area contributed by atoms with Gasteiger partial charge in [0, 0.05) is 27.4 Å². The quantitative estimate of drug-likeness (QED) is 0.464. The van der Waals surface area contributed by atoms with Crippen LogP contribution >= 0.6 is 23.4 Å². The van der Waals surface area contributed by atoms with E-state index < -0.39 is 4.87 Å². The van der Waals surface area contributed by atoms with E-state index in [1.165, 1.54) is 0 Å². The Morgan fingerprint density at radius 3 is 2.52 bits per heavy atom. The highest BCUT2D eigenvalue weighted by molar-refractivity contribution is 8.02. The number of nitrogens with zero attached hydrogens (tertiary/aromatic N) is 2.